The number of thiocarbonyl (C=S) groups is 1. The summed E-state index contributed by atoms with van der Waals surface area (Å²) >= 11 is 5.61. The zero-order chi connectivity index (χ0) is 19.0. The van der Waals surface area contributed by atoms with E-state index in [1.54, 1.807) is 0 Å². The lowest BCUT2D eigenvalue weighted by Crippen LogP contribution is -2.49. The summed E-state index contributed by atoms with van der Waals surface area (Å²) in [7, 11) is 2.00. The topological polar surface area (TPSA) is 54.8 Å². The molecule has 0 spiro atoms. The molecule has 144 valence electrons. The number of aromatic nitrogens is 2. The maximum atomic E-state index is 5.61. The minimum atomic E-state index is 0.279. The number of aryl methyl sites for hydroxylation is 2. The number of ether oxygens (including phenoxy) is 2. The van der Waals surface area contributed by atoms with Gasteiger partial charge in [-0.3, -0.25) is 9.58 Å². The lowest BCUT2D eigenvalue weighted by molar-refractivity contribution is 0.174. The predicted octanol–water partition coefficient (Wildman–Crippen LogP) is 2.28. The lowest BCUT2D eigenvalue weighted by Gasteiger charge is -2.36. The largest absolute Gasteiger partial charge is 0.454 e. The van der Waals surface area contributed by atoms with Crippen molar-refractivity contribution in [2.45, 2.75) is 20.4 Å². The van der Waals surface area contributed by atoms with Gasteiger partial charge >= 0.3 is 0 Å². The summed E-state index contributed by atoms with van der Waals surface area (Å²) in [5.74, 6) is 1.54. The van der Waals surface area contributed by atoms with E-state index in [-0.39, 0.29) is 6.79 Å². The molecule has 1 aromatic heterocycles. The van der Waals surface area contributed by atoms with Crippen LogP contribution in [0.2, 0.25) is 0 Å². The Morgan fingerprint density at radius 2 is 1.89 bits per heavy atom. The maximum Gasteiger partial charge on any atom is 0.231 e. The molecule has 27 heavy (non-hydrogen) atoms. The average molecular weight is 388 g/mol. The first kappa shape index (κ1) is 18.1. The number of anilines is 1. The number of nitrogens with zero attached hydrogens (tertiary/aromatic N) is 4. The molecule has 4 rings (SSSR count). The van der Waals surface area contributed by atoms with Crippen LogP contribution in [-0.4, -0.2) is 57.7 Å². The molecular formula is C19H25N5O2S. The van der Waals surface area contributed by atoms with Gasteiger partial charge in [-0.05, 0) is 38.2 Å². The molecule has 3 heterocycles. The van der Waals surface area contributed by atoms with E-state index in [2.05, 4.69) is 34.1 Å². The number of hydrogen-bond acceptors (Lipinski definition) is 5. The van der Waals surface area contributed by atoms with Crippen LogP contribution >= 0.6 is 12.2 Å². The molecule has 7 nitrogen and oxygen atoms in total. The Kier molecular flexibility index (Phi) is 4.92. The molecule has 2 aliphatic heterocycles. The first-order valence-electron chi connectivity index (χ1n) is 9.18. The Morgan fingerprint density at radius 3 is 2.59 bits per heavy atom. The first-order chi connectivity index (χ1) is 13.0. The molecule has 0 unspecified atom stereocenters. The second-order valence-corrected chi connectivity index (χ2v) is 7.42. The van der Waals surface area contributed by atoms with Gasteiger partial charge in [0.25, 0.3) is 0 Å². The summed E-state index contributed by atoms with van der Waals surface area (Å²) in [5, 5.41) is 8.59. The Bertz CT molecular complexity index is 858. The van der Waals surface area contributed by atoms with Gasteiger partial charge in [0.2, 0.25) is 6.79 Å². The van der Waals surface area contributed by atoms with Gasteiger partial charge < -0.3 is 19.7 Å². The lowest BCUT2D eigenvalue weighted by atomic mass is 10.1. The molecule has 1 fully saturated rings. The van der Waals surface area contributed by atoms with E-state index in [9.17, 15) is 0 Å². The fourth-order valence-corrected chi connectivity index (χ4v) is 3.86. The monoisotopic (exact) mass is 387 g/mol. The van der Waals surface area contributed by atoms with E-state index in [1.165, 1.54) is 11.3 Å². The number of piperazine rings is 1. The maximum absolute atomic E-state index is 5.61. The molecule has 0 saturated carbocycles. The van der Waals surface area contributed by atoms with Crippen LogP contribution in [0.3, 0.4) is 0 Å². The second-order valence-electron chi connectivity index (χ2n) is 7.03. The van der Waals surface area contributed by atoms with Crippen LogP contribution in [0.4, 0.5) is 5.69 Å². The van der Waals surface area contributed by atoms with E-state index < -0.39 is 0 Å². The number of benzene rings is 1. The van der Waals surface area contributed by atoms with Crippen molar-refractivity contribution < 1.29 is 9.47 Å². The SMILES string of the molecule is Cc1nn(C)c(C)c1CN1CCN(C(=S)Nc2ccc3c(c2)OCO3)CC1. The van der Waals surface area contributed by atoms with E-state index in [0.29, 0.717) is 0 Å². The third-order valence-corrected chi connectivity index (χ3v) is 5.68. The van der Waals surface area contributed by atoms with Gasteiger partial charge in [-0.15, -0.1) is 0 Å². The second kappa shape index (κ2) is 7.36. The normalized spacial score (nSPS) is 16.6. The molecule has 0 atom stereocenters. The van der Waals surface area contributed by atoms with Gasteiger partial charge in [-0.2, -0.15) is 5.10 Å². The fraction of sp³-hybridized carbons (Fsp3) is 0.474. The predicted molar refractivity (Wildman–Crippen MR) is 108 cm³/mol. The molecule has 8 heteroatoms. The zero-order valence-corrected chi connectivity index (χ0v) is 16.8. The summed E-state index contributed by atoms with van der Waals surface area (Å²) in [4.78, 5) is 4.69. The summed E-state index contributed by atoms with van der Waals surface area (Å²) in [6.45, 7) is 9.23. The average Bonchev–Trinajstić information content (AvgIpc) is 3.22. The van der Waals surface area contributed by atoms with Crippen molar-refractivity contribution in [2.24, 2.45) is 7.05 Å². The van der Waals surface area contributed by atoms with E-state index >= 15 is 0 Å². The van der Waals surface area contributed by atoms with Gasteiger partial charge in [0.05, 0.1) is 5.69 Å². The molecule has 2 aromatic rings. The van der Waals surface area contributed by atoms with E-state index in [0.717, 1.165) is 60.7 Å². The molecule has 0 amide bonds. The van der Waals surface area contributed by atoms with Crippen molar-refractivity contribution in [1.82, 2.24) is 19.6 Å². The highest BCUT2D eigenvalue weighted by molar-refractivity contribution is 7.80. The molecule has 1 saturated heterocycles. The van der Waals surface area contributed by atoms with Crippen LogP contribution in [0.5, 0.6) is 11.5 Å². The van der Waals surface area contributed by atoms with Crippen LogP contribution < -0.4 is 14.8 Å². The molecule has 1 N–H and O–H groups in total. The van der Waals surface area contributed by atoms with E-state index in [1.807, 2.05) is 29.9 Å². The highest BCUT2D eigenvalue weighted by atomic mass is 32.1. The molecule has 0 radical (unpaired) electrons. The first-order valence-corrected chi connectivity index (χ1v) is 9.59. The number of rotatable bonds is 3. The van der Waals surface area contributed by atoms with Crippen molar-refractivity contribution in [3.63, 3.8) is 0 Å². The summed E-state index contributed by atoms with van der Waals surface area (Å²) in [6, 6.07) is 5.80. The molecule has 0 bridgehead atoms. The molecule has 0 aliphatic carbocycles. The summed E-state index contributed by atoms with van der Waals surface area (Å²) in [6.07, 6.45) is 0. The van der Waals surface area contributed by atoms with Gasteiger partial charge in [0, 0.05) is 62.8 Å². The van der Waals surface area contributed by atoms with Gasteiger partial charge in [0.1, 0.15) is 0 Å². The Morgan fingerprint density at radius 1 is 1.15 bits per heavy atom. The van der Waals surface area contributed by atoms with E-state index in [4.69, 9.17) is 21.7 Å². The Hall–Kier alpha value is -2.32. The molecule has 2 aliphatic rings. The van der Waals surface area contributed by atoms with Crippen LogP contribution in [-0.2, 0) is 13.6 Å². The number of fused-ring (bicyclic) bond motifs is 1. The minimum Gasteiger partial charge on any atom is -0.454 e. The minimum absolute atomic E-state index is 0.279. The van der Waals surface area contributed by atoms with Crippen LogP contribution in [0.25, 0.3) is 0 Å². The summed E-state index contributed by atoms with van der Waals surface area (Å²) in [5.41, 5.74) is 4.63. The highest BCUT2D eigenvalue weighted by Crippen LogP contribution is 2.34. The standard InChI is InChI=1S/C19H25N5O2S/c1-13-16(14(2)22(3)21-13)11-23-6-8-24(9-7-23)19(27)20-15-4-5-17-18(10-15)26-12-25-17/h4-5,10H,6-9,11-12H2,1-3H3,(H,20,27). The van der Waals surface area contributed by atoms with Crippen molar-refractivity contribution in [3.05, 3.63) is 35.2 Å². The van der Waals surface area contributed by atoms with Crippen molar-refractivity contribution >= 4 is 23.0 Å². The fourth-order valence-electron chi connectivity index (χ4n) is 3.56. The van der Waals surface area contributed by atoms with Crippen LogP contribution in [0, 0.1) is 13.8 Å². The quantitative estimate of drug-likeness (QED) is 0.811. The van der Waals surface area contributed by atoms with Crippen LogP contribution in [0.1, 0.15) is 17.0 Å². The smallest absolute Gasteiger partial charge is 0.231 e. The third kappa shape index (κ3) is 3.72. The summed E-state index contributed by atoms with van der Waals surface area (Å²) < 4.78 is 12.7. The van der Waals surface area contributed by atoms with Gasteiger partial charge in [0.15, 0.2) is 16.6 Å². The third-order valence-electron chi connectivity index (χ3n) is 5.32. The van der Waals surface area contributed by atoms with Gasteiger partial charge in [-0.1, -0.05) is 0 Å². The van der Waals surface area contributed by atoms with Crippen molar-refractivity contribution in [2.75, 3.05) is 38.3 Å². The molecule has 1 aromatic carbocycles. The Balaban J connectivity index is 1.31. The van der Waals surface area contributed by atoms with Crippen LogP contribution in [0.15, 0.2) is 18.2 Å². The number of nitrogens with one attached hydrogen (secondary N) is 1. The zero-order valence-electron chi connectivity index (χ0n) is 16.0. The Labute approximate surface area is 164 Å². The number of hydrogen-bond donors (Lipinski definition) is 1. The van der Waals surface area contributed by atoms with Crippen molar-refractivity contribution in [1.29, 1.82) is 0 Å². The van der Waals surface area contributed by atoms with Crippen molar-refractivity contribution in [3.8, 4) is 11.5 Å². The van der Waals surface area contributed by atoms with Gasteiger partial charge in [-0.25, -0.2) is 0 Å². The molecular weight excluding hydrogens is 362 g/mol. The highest BCUT2D eigenvalue weighted by Gasteiger charge is 2.22.